The molecule has 0 saturated carbocycles. The summed E-state index contributed by atoms with van der Waals surface area (Å²) >= 11 is 0. The molecule has 3 aromatic carbocycles. The molecule has 0 fully saturated rings. The molecule has 3 aromatic rings. The van der Waals surface area contributed by atoms with Gasteiger partial charge in [-0.1, -0.05) is 58.7 Å². The highest BCUT2D eigenvalue weighted by Gasteiger charge is 2.27. The normalized spacial score (nSPS) is 12.2. The second-order valence-corrected chi connectivity index (χ2v) is 11.7. The smallest absolute Gasteiger partial charge is 0.254 e. The standard InChI is InChI=1S/C34H47N2O4/c1-23-14-24(2)17-28(16-23)22-36(6,7)13-11-12-35(27(5)29-18-25(3)15-26(4)19-29)34(37)30-20-31(38-8)33(40-10)32(21-30)39-9/h14-21,27H,11-13,22H2,1-10H3/q+1. The number of methoxy groups -OCH3 is 3. The Balaban J connectivity index is 1.90. The Bertz CT molecular complexity index is 1270. The van der Waals surface area contributed by atoms with Gasteiger partial charge in [-0.25, -0.2) is 0 Å². The number of nitrogens with zero attached hydrogens (tertiary/aromatic N) is 2. The molecular weight excluding hydrogens is 500 g/mol. The lowest BCUT2D eigenvalue weighted by molar-refractivity contribution is -0.903. The summed E-state index contributed by atoms with van der Waals surface area (Å²) in [6.07, 6.45) is 0.864. The highest BCUT2D eigenvalue weighted by atomic mass is 16.5. The minimum absolute atomic E-state index is 0.0643. The maximum Gasteiger partial charge on any atom is 0.254 e. The molecule has 1 atom stereocenters. The van der Waals surface area contributed by atoms with Crippen LogP contribution in [0.3, 0.4) is 0 Å². The number of hydrogen-bond donors (Lipinski definition) is 0. The molecule has 0 aliphatic rings. The Morgan fingerprint density at radius 2 is 1.27 bits per heavy atom. The zero-order valence-corrected chi connectivity index (χ0v) is 26.1. The van der Waals surface area contributed by atoms with Crippen LogP contribution in [0, 0.1) is 27.7 Å². The van der Waals surface area contributed by atoms with Crippen LogP contribution in [0.15, 0.2) is 48.5 Å². The maximum absolute atomic E-state index is 14.2. The fourth-order valence-corrected chi connectivity index (χ4v) is 5.68. The van der Waals surface area contributed by atoms with Gasteiger partial charge in [-0.05, 0) is 52.3 Å². The van der Waals surface area contributed by atoms with Crippen molar-refractivity contribution in [3.63, 3.8) is 0 Å². The Morgan fingerprint density at radius 1 is 0.775 bits per heavy atom. The third kappa shape index (κ3) is 7.79. The second kappa shape index (κ2) is 13.2. The number of hydrogen-bond acceptors (Lipinski definition) is 4. The molecule has 0 N–H and O–H groups in total. The van der Waals surface area contributed by atoms with Crippen LogP contribution in [0.2, 0.25) is 0 Å². The molecular formula is C34H47N2O4+. The van der Waals surface area contributed by atoms with Gasteiger partial charge in [-0.15, -0.1) is 0 Å². The van der Waals surface area contributed by atoms with E-state index >= 15 is 0 Å². The van der Waals surface area contributed by atoms with Gasteiger partial charge in [0.2, 0.25) is 5.75 Å². The van der Waals surface area contributed by atoms with Crippen LogP contribution in [-0.4, -0.2) is 63.8 Å². The van der Waals surface area contributed by atoms with Gasteiger partial charge in [0.05, 0.1) is 48.0 Å². The van der Waals surface area contributed by atoms with Gasteiger partial charge in [0, 0.05) is 24.1 Å². The van der Waals surface area contributed by atoms with Crippen molar-refractivity contribution in [3.05, 3.63) is 87.5 Å². The number of rotatable bonds is 12. The van der Waals surface area contributed by atoms with E-state index in [-0.39, 0.29) is 11.9 Å². The first-order valence-electron chi connectivity index (χ1n) is 14.0. The second-order valence-electron chi connectivity index (χ2n) is 11.7. The van der Waals surface area contributed by atoms with E-state index in [1.165, 1.54) is 27.8 Å². The fraction of sp³-hybridized carbons (Fsp3) is 0.441. The van der Waals surface area contributed by atoms with Crippen molar-refractivity contribution in [1.29, 1.82) is 0 Å². The van der Waals surface area contributed by atoms with Crippen LogP contribution in [-0.2, 0) is 6.54 Å². The lowest BCUT2D eigenvalue weighted by atomic mass is 10.00. The monoisotopic (exact) mass is 547 g/mol. The summed E-state index contributed by atoms with van der Waals surface area (Å²) in [5.74, 6) is 1.34. The zero-order valence-electron chi connectivity index (χ0n) is 26.1. The molecule has 0 bridgehead atoms. The quantitative estimate of drug-likeness (QED) is 0.234. The third-order valence-electron chi connectivity index (χ3n) is 7.42. The van der Waals surface area contributed by atoms with E-state index in [9.17, 15) is 4.79 Å². The summed E-state index contributed by atoms with van der Waals surface area (Å²) in [5.41, 5.74) is 7.94. The van der Waals surface area contributed by atoms with Crippen LogP contribution >= 0.6 is 0 Å². The van der Waals surface area contributed by atoms with E-state index in [4.69, 9.17) is 14.2 Å². The van der Waals surface area contributed by atoms with Gasteiger partial charge in [-0.2, -0.15) is 0 Å². The van der Waals surface area contributed by atoms with Crippen molar-refractivity contribution in [1.82, 2.24) is 4.90 Å². The number of carbonyl (C=O) groups excluding carboxylic acids is 1. The molecule has 1 amide bonds. The molecule has 0 aliphatic heterocycles. The van der Waals surface area contributed by atoms with Crippen LogP contribution in [0.5, 0.6) is 17.2 Å². The topological polar surface area (TPSA) is 48.0 Å². The molecule has 0 heterocycles. The maximum atomic E-state index is 14.2. The first kappa shape index (κ1) is 31.0. The number of benzene rings is 3. The lowest BCUT2D eigenvalue weighted by Gasteiger charge is -2.34. The summed E-state index contributed by atoms with van der Waals surface area (Å²) in [4.78, 5) is 16.1. The summed E-state index contributed by atoms with van der Waals surface area (Å²) in [6.45, 7) is 13.1. The minimum Gasteiger partial charge on any atom is -0.493 e. The number of amides is 1. The van der Waals surface area contributed by atoms with Crippen LogP contribution < -0.4 is 14.2 Å². The SMILES string of the molecule is COc1cc(C(=O)N(CCC[N+](C)(C)Cc2cc(C)cc(C)c2)C(C)c2cc(C)cc(C)c2)cc(OC)c1OC. The summed E-state index contributed by atoms with van der Waals surface area (Å²) in [6, 6.07) is 16.6. The van der Waals surface area contributed by atoms with E-state index in [1.54, 1.807) is 33.5 Å². The summed E-state index contributed by atoms with van der Waals surface area (Å²) in [7, 11) is 9.22. The van der Waals surface area contributed by atoms with Crippen LogP contribution in [0.4, 0.5) is 0 Å². The average Bonchev–Trinajstić information content (AvgIpc) is 2.88. The zero-order chi connectivity index (χ0) is 29.6. The Morgan fingerprint density at radius 3 is 1.75 bits per heavy atom. The van der Waals surface area contributed by atoms with Crippen molar-refractivity contribution in [3.8, 4) is 17.2 Å². The Kier molecular flexibility index (Phi) is 10.3. The van der Waals surface area contributed by atoms with Gasteiger partial charge in [0.25, 0.3) is 5.91 Å². The van der Waals surface area contributed by atoms with Crippen molar-refractivity contribution < 1.29 is 23.5 Å². The number of quaternary nitrogens is 1. The van der Waals surface area contributed by atoms with Gasteiger partial charge < -0.3 is 23.6 Å². The van der Waals surface area contributed by atoms with Crippen LogP contribution in [0.25, 0.3) is 0 Å². The van der Waals surface area contributed by atoms with Crippen molar-refractivity contribution in [2.75, 3.05) is 48.5 Å². The van der Waals surface area contributed by atoms with E-state index in [0.29, 0.717) is 29.4 Å². The highest BCUT2D eigenvalue weighted by Crippen LogP contribution is 2.39. The molecule has 0 spiro atoms. The molecule has 0 saturated heterocycles. The molecule has 6 nitrogen and oxygen atoms in total. The molecule has 0 radical (unpaired) electrons. The highest BCUT2D eigenvalue weighted by molar-refractivity contribution is 5.96. The first-order chi connectivity index (χ1) is 18.9. The van der Waals surface area contributed by atoms with E-state index < -0.39 is 0 Å². The largest absolute Gasteiger partial charge is 0.493 e. The van der Waals surface area contributed by atoms with Gasteiger partial charge in [0.1, 0.15) is 6.54 Å². The number of carbonyl (C=O) groups is 1. The van der Waals surface area contributed by atoms with Crippen molar-refractivity contribution >= 4 is 5.91 Å². The molecule has 1 unspecified atom stereocenters. The first-order valence-corrected chi connectivity index (χ1v) is 14.0. The molecule has 0 aromatic heterocycles. The summed E-state index contributed by atoms with van der Waals surface area (Å²) in [5, 5.41) is 0. The third-order valence-corrected chi connectivity index (χ3v) is 7.42. The Hall–Kier alpha value is -3.51. The predicted octanol–water partition coefficient (Wildman–Crippen LogP) is 6.82. The van der Waals surface area contributed by atoms with Gasteiger partial charge in [-0.3, -0.25) is 4.79 Å². The number of ether oxygens (including phenoxy) is 3. The Labute approximate surface area is 241 Å². The van der Waals surface area contributed by atoms with Gasteiger partial charge in [0.15, 0.2) is 11.5 Å². The molecule has 40 heavy (non-hydrogen) atoms. The predicted molar refractivity (Wildman–Crippen MR) is 163 cm³/mol. The van der Waals surface area contributed by atoms with E-state index in [0.717, 1.165) is 29.6 Å². The van der Waals surface area contributed by atoms with E-state index in [2.05, 4.69) is 85.1 Å². The van der Waals surface area contributed by atoms with Gasteiger partial charge >= 0.3 is 0 Å². The van der Waals surface area contributed by atoms with E-state index in [1.807, 2.05) is 4.90 Å². The fourth-order valence-electron chi connectivity index (χ4n) is 5.68. The minimum atomic E-state index is -0.111. The molecule has 6 heteroatoms. The average molecular weight is 548 g/mol. The van der Waals surface area contributed by atoms with Crippen LogP contribution in [0.1, 0.15) is 63.1 Å². The molecule has 216 valence electrons. The molecule has 3 rings (SSSR count). The number of aryl methyl sites for hydroxylation is 4. The van der Waals surface area contributed by atoms with Crippen molar-refractivity contribution in [2.45, 2.75) is 53.6 Å². The molecule has 0 aliphatic carbocycles. The summed E-state index contributed by atoms with van der Waals surface area (Å²) < 4.78 is 17.4. The lowest BCUT2D eigenvalue weighted by Crippen LogP contribution is -2.42. The van der Waals surface area contributed by atoms with Crippen molar-refractivity contribution in [2.24, 2.45) is 0 Å².